The fourth-order valence-corrected chi connectivity index (χ4v) is 3.29. The quantitative estimate of drug-likeness (QED) is 0.769. The minimum Gasteiger partial charge on any atom is -0.490 e. The third-order valence-electron chi connectivity index (χ3n) is 4.69. The van der Waals surface area contributed by atoms with Gasteiger partial charge >= 0.3 is 5.97 Å². The Labute approximate surface area is 157 Å². The number of halogens is 1. The number of carbonyl (C=O) groups is 2. The predicted molar refractivity (Wildman–Crippen MR) is 98.2 cm³/mol. The number of ether oxygens (including phenoxy) is 1. The summed E-state index contributed by atoms with van der Waals surface area (Å²) in [5.74, 6) is -1.63. The molecule has 1 fully saturated rings. The van der Waals surface area contributed by atoms with Crippen LogP contribution in [-0.2, 0) is 4.79 Å². The number of aliphatic carboxylic acids is 1. The number of carbonyl (C=O) groups excluding carboxylic acids is 1. The average molecular weight is 371 g/mol. The summed E-state index contributed by atoms with van der Waals surface area (Å²) in [6, 6.07) is 11.9. The van der Waals surface area contributed by atoms with Gasteiger partial charge in [-0.3, -0.25) is 9.59 Å². The maximum absolute atomic E-state index is 13.8. The summed E-state index contributed by atoms with van der Waals surface area (Å²) in [5.41, 5.74) is 0.509. The van der Waals surface area contributed by atoms with Gasteiger partial charge in [0.2, 0.25) is 0 Å². The fourth-order valence-electron chi connectivity index (χ4n) is 3.29. The van der Waals surface area contributed by atoms with Crippen LogP contribution < -0.4 is 10.1 Å². The molecule has 1 aliphatic carbocycles. The van der Waals surface area contributed by atoms with E-state index in [0.29, 0.717) is 5.56 Å². The van der Waals surface area contributed by atoms with Crippen molar-refractivity contribution in [2.24, 2.45) is 0 Å². The summed E-state index contributed by atoms with van der Waals surface area (Å²) in [5, 5.41) is 11.8. The number of hydrogen-bond acceptors (Lipinski definition) is 3. The van der Waals surface area contributed by atoms with E-state index in [1.54, 1.807) is 30.3 Å². The van der Waals surface area contributed by atoms with Crippen molar-refractivity contribution in [3.05, 3.63) is 65.5 Å². The summed E-state index contributed by atoms with van der Waals surface area (Å²) in [4.78, 5) is 23.6. The van der Waals surface area contributed by atoms with E-state index in [1.807, 2.05) is 0 Å². The Balaban J connectivity index is 1.72. The minimum atomic E-state index is -1.06. The first-order valence-corrected chi connectivity index (χ1v) is 9.07. The van der Waals surface area contributed by atoms with Crippen molar-refractivity contribution in [3.8, 4) is 5.75 Å². The van der Waals surface area contributed by atoms with Crippen LogP contribution >= 0.6 is 0 Å². The average Bonchev–Trinajstić information content (AvgIpc) is 3.15. The van der Waals surface area contributed by atoms with E-state index in [4.69, 9.17) is 4.74 Å². The molecule has 0 aliphatic heterocycles. The molecule has 3 rings (SSSR count). The maximum atomic E-state index is 13.8. The summed E-state index contributed by atoms with van der Waals surface area (Å²) in [7, 11) is 0. The van der Waals surface area contributed by atoms with Crippen LogP contribution in [0.25, 0.3) is 0 Å². The monoisotopic (exact) mass is 371 g/mol. The smallest absolute Gasteiger partial charge is 0.305 e. The third kappa shape index (κ3) is 5.06. The van der Waals surface area contributed by atoms with E-state index in [-0.39, 0.29) is 18.1 Å². The van der Waals surface area contributed by atoms with Crippen LogP contribution in [-0.4, -0.2) is 23.1 Å². The standard InChI is InChI=1S/C21H22FNO4/c22-18-8-4-3-7-17(18)21(26)23-19(13-20(24)25)14-9-11-16(12-10-14)27-15-5-1-2-6-15/h3-4,7-12,15,19H,1-2,5-6,13H2,(H,23,26)(H,24,25). The molecule has 27 heavy (non-hydrogen) atoms. The lowest BCUT2D eigenvalue weighted by Gasteiger charge is -2.19. The highest BCUT2D eigenvalue weighted by molar-refractivity contribution is 5.94. The normalized spacial score (nSPS) is 15.3. The molecular weight excluding hydrogens is 349 g/mol. The maximum Gasteiger partial charge on any atom is 0.305 e. The highest BCUT2D eigenvalue weighted by Gasteiger charge is 2.21. The van der Waals surface area contributed by atoms with Crippen LogP contribution in [0.4, 0.5) is 4.39 Å². The molecule has 1 saturated carbocycles. The molecule has 1 amide bonds. The summed E-state index contributed by atoms with van der Waals surface area (Å²) < 4.78 is 19.7. The zero-order valence-corrected chi connectivity index (χ0v) is 14.9. The molecule has 5 nitrogen and oxygen atoms in total. The number of rotatable bonds is 7. The molecule has 2 aromatic carbocycles. The molecule has 0 bridgehead atoms. The van der Waals surface area contributed by atoms with Gasteiger partial charge in [0.15, 0.2) is 0 Å². The van der Waals surface area contributed by atoms with Crippen molar-refractivity contribution < 1.29 is 23.8 Å². The molecule has 1 aliphatic rings. The molecular formula is C21H22FNO4. The first-order valence-electron chi connectivity index (χ1n) is 9.07. The van der Waals surface area contributed by atoms with Crippen molar-refractivity contribution in [2.75, 3.05) is 0 Å². The molecule has 1 atom stereocenters. The SMILES string of the molecule is O=C(O)CC(NC(=O)c1ccccc1F)c1ccc(OC2CCCC2)cc1. The van der Waals surface area contributed by atoms with Crippen LogP contribution in [0.1, 0.15) is 54.1 Å². The number of nitrogens with one attached hydrogen (secondary N) is 1. The van der Waals surface area contributed by atoms with Crippen LogP contribution in [0.5, 0.6) is 5.75 Å². The molecule has 142 valence electrons. The molecule has 0 aromatic heterocycles. The molecule has 1 unspecified atom stereocenters. The molecule has 0 radical (unpaired) electrons. The van der Waals surface area contributed by atoms with Crippen LogP contribution in [0.3, 0.4) is 0 Å². The second-order valence-corrected chi connectivity index (χ2v) is 6.70. The zero-order chi connectivity index (χ0) is 19.2. The van der Waals surface area contributed by atoms with E-state index in [2.05, 4.69) is 5.32 Å². The minimum absolute atomic E-state index is 0.117. The highest BCUT2D eigenvalue weighted by Crippen LogP contribution is 2.26. The molecule has 6 heteroatoms. The van der Waals surface area contributed by atoms with Gasteiger partial charge < -0.3 is 15.2 Å². The van der Waals surface area contributed by atoms with Gasteiger partial charge in [-0.05, 0) is 55.5 Å². The summed E-state index contributed by atoms with van der Waals surface area (Å²) >= 11 is 0. The third-order valence-corrected chi connectivity index (χ3v) is 4.69. The van der Waals surface area contributed by atoms with Crippen molar-refractivity contribution in [1.82, 2.24) is 5.32 Å². The fraction of sp³-hybridized carbons (Fsp3) is 0.333. The lowest BCUT2D eigenvalue weighted by Crippen LogP contribution is -2.30. The van der Waals surface area contributed by atoms with Gasteiger partial charge in [0.1, 0.15) is 11.6 Å². The van der Waals surface area contributed by atoms with Gasteiger partial charge in [-0.1, -0.05) is 24.3 Å². The van der Waals surface area contributed by atoms with Crippen molar-refractivity contribution in [1.29, 1.82) is 0 Å². The Bertz CT molecular complexity index is 800. The van der Waals surface area contributed by atoms with E-state index in [9.17, 15) is 19.1 Å². The van der Waals surface area contributed by atoms with Crippen LogP contribution in [0.15, 0.2) is 48.5 Å². The molecule has 0 saturated heterocycles. The lowest BCUT2D eigenvalue weighted by molar-refractivity contribution is -0.137. The van der Waals surface area contributed by atoms with E-state index >= 15 is 0 Å². The van der Waals surface area contributed by atoms with E-state index in [1.165, 1.54) is 31.0 Å². The number of hydrogen-bond donors (Lipinski definition) is 2. The summed E-state index contributed by atoms with van der Waals surface area (Å²) in [6.07, 6.45) is 4.36. The second-order valence-electron chi connectivity index (χ2n) is 6.70. The molecule has 0 spiro atoms. The van der Waals surface area contributed by atoms with Gasteiger partial charge in [-0.15, -0.1) is 0 Å². The largest absolute Gasteiger partial charge is 0.490 e. The van der Waals surface area contributed by atoms with E-state index < -0.39 is 23.7 Å². The number of carboxylic acid groups (broad SMARTS) is 1. The number of benzene rings is 2. The van der Waals surface area contributed by atoms with Gasteiger partial charge in [0, 0.05) is 0 Å². The second kappa shape index (κ2) is 8.66. The zero-order valence-electron chi connectivity index (χ0n) is 14.9. The van der Waals surface area contributed by atoms with Crippen molar-refractivity contribution >= 4 is 11.9 Å². The lowest BCUT2D eigenvalue weighted by atomic mass is 10.0. The van der Waals surface area contributed by atoms with Crippen molar-refractivity contribution in [2.45, 2.75) is 44.2 Å². The Morgan fingerprint density at radius 3 is 2.41 bits per heavy atom. The highest BCUT2D eigenvalue weighted by atomic mass is 19.1. The molecule has 2 aromatic rings. The van der Waals surface area contributed by atoms with Crippen LogP contribution in [0, 0.1) is 5.82 Å². The molecule has 0 heterocycles. The Kier molecular flexibility index (Phi) is 6.06. The first kappa shape index (κ1) is 18.9. The molecule has 2 N–H and O–H groups in total. The van der Waals surface area contributed by atoms with Gasteiger partial charge in [-0.25, -0.2) is 4.39 Å². The first-order chi connectivity index (χ1) is 13.0. The number of amides is 1. The van der Waals surface area contributed by atoms with E-state index in [0.717, 1.165) is 18.6 Å². The Hall–Kier alpha value is -2.89. The van der Waals surface area contributed by atoms with Crippen LogP contribution in [0.2, 0.25) is 0 Å². The van der Waals surface area contributed by atoms with Crippen molar-refractivity contribution in [3.63, 3.8) is 0 Å². The van der Waals surface area contributed by atoms with Gasteiger partial charge in [0.05, 0.1) is 24.1 Å². The summed E-state index contributed by atoms with van der Waals surface area (Å²) in [6.45, 7) is 0. The van der Waals surface area contributed by atoms with Gasteiger partial charge in [0.25, 0.3) is 5.91 Å². The predicted octanol–water partition coefficient (Wildman–Crippen LogP) is 4.09. The number of carboxylic acids is 1. The topological polar surface area (TPSA) is 75.6 Å². The Morgan fingerprint density at radius 1 is 1.11 bits per heavy atom. The Morgan fingerprint density at radius 2 is 1.78 bits per heavy atom. The van der Waals surface area contributed by atoms with Gasteiger partial charge in [-0.2, -0.15) is 0 Å².